The largest absolute Gasteiger partial charge is 0.480 e. The summed E-state index contributed by atoms with van der Waals surface area (Å²) < 4.78 is 4.86. The first-order chi connectivity index (χ1) is 7.46. The molecule has 0 radical (unpaired) electrons. The van der Waals surface area contributed by atoms with E-state index in [-0.39, 0.29) is 19.0 Å². The Morgan fingerprint density at radius 2 is 1.94 bits per heavy atom. The van der Waals surface area contributed by atoms with Gasteiger partial charge in [-0.1, -0.05) is 26.7 Å². The average Bonchev–Trinajstić information content (AvgIpc) is 2.26. The molecule has 16 heavy (non-hydrogen) atoms. The summed E-state index contributed by atoms with van der Waals surface area (Å²) in [5.74, 6) is -1.52. The average molecular weight is 231 g/mol. The zero-order valence-electron chi connectivity index (χ0n) is 9.99. The molecule has 0 bridgehead atoms. The number of nitrogens with two attached hydrogens (primary N) is 1. The van der Waals surface area contributed by atoms with Crippen molar-refractivity contribution in [3.63, 3.8) is 0 Å². The van der Waals surface area contributed by atoms with Crippen LogP contribution in [0.1, 0.15) is 46.0 Å². The fraction of sp³-hybridized carbons (Fsp3) is 0.818. The van der Waals surface area contributed by atoms with Crippen molar-refractivity contribution in [2.45, 2.75) is 51.5 Å². The van der Waals surface area contributed by atoms with Gasteiger partial charge in [-0.15, -0.1) is 0 Å². The predicted octanol–water partition coefficient (Wildman–Crippen LogP) is 1.30. The van der Waals surface area contributed by atoms with Gasteiger partial charge in [0.1, 0.15) is 12.1 Å². The van der Waals surface area contributed by atoms with Crippen molar-refractivity contribution in [1.82, 2.24) is 0 Å². The van der Waals surface area contributed by atoms with Crippen LogP contribution < -0.4 is 5.73 Å². The number of hydrogen-bond acceptors (Lipinski definition) is 4. The molecule has 5 heteroatoms. The normalized spacial score (nSPS) is 14.2. The summed E-state index contributed by atoms with van der Waals surface area (Å²) in [6.07, 6.45) is 3.32. The van der Waals surface area contributed by atoms with Gasteiger partial charge in [0, 0.05) is 6.42 Å². The Morgan fingerprint density at radius 3 is 2.38 bits per heavy atom. The highest BCUT2D eigenvalue weighted by Crippen LogP contribution is 2.09. The van der Waals surface area contributed by atoms with E-state index in [1.165, 1.54) is 0 Å². The van der Waals surface area contributed by atoms with Crippen LogP contribution in [0.15, 0.2) is 0 Å². The Hall–Kier alpha value is -1.10. The highest BCUT2D eigenvalue weighted by atomic mass is 16.5. The van der Waals surface area contributed by atoms with Gasteiger partial charge in [0.05, 0.1) is 0 Å². The molecule has 0 fully saturated rings. The first-order valence-electron chi connectivity index (χ1n) is 5.64. The maximum Gasteiger partial charge on any atom is 0.327 e. The van der Waals surface area contributed by atoms with E-state index in [2.05, 4.69) is 0 Å². The molecular weight excluding hydrogens is 210 g/mol. The Morgan fingerprint density at radius 1 is 1.31 bits per heavy atom. The summed E-state index contributed by atoms with van der Waals surface area (Å²) in [5.41, 5.74) is 4.11. The molecule has 0 rings (SSSR count). The molecule has 94 valence electrons. The third kappa shape index (κ3) is 5.11. The Balaban J connectivity index is 3.93. The number of carboxylic acid groups (broad SMARTS) is 1. The molecule has 0 unspecified atom stereocenters. The molecule has 0 saturated carbocycles. The standard InChI is InChI=1S/C11H21NO4/c1-3-5-6-7-9(13)16-8-11(12,4-2)10(14)15/h3-8,12H2,1-2H3,(H,14,15)/t11-/m0/s1. The minimum atomic E-state index is -1.46. The Bertz CT molecular complexity index is 242. The Labute approximate surface area is 96.0 Å². The van der Waals surface area contributed by atoms with E-state index in [1.807, 2.05) is 6.92 Å². The number of carboxylic acids is 1. The highest BCUT2D eigenvalue weighted by molar-refractivity contribution is 5.79. The number of hydrogen-bond donors (Lipinski definition) is 2. The number of unbranched alkanes of at least 4 members (excludes halogenated alkanes) is 2. The van der Waals surface area contributed by atoms with Crippen LogP contribution in [0.3, 0.4) is 0 Å². The summed E-state index contributed by atoms with van der Waals surface area (Å²) in [4.78, 5) is 22.0. The van der Waals surface area contributed by atoms with E-state index in [9.17, 15) is 9.59 Å². The number of esters is 1. The molecule has 0 aliphatic carbocycles. The van der Waals surface area contributed by atoms with Crippen LogP contribution >= 0.6 is 0 Å². The molecule has 0 saturated heterocycles. The lowest BCUT2D eigenvalue weighted by Gasteiger charge is -2.22. The van der Waals surface area contributed by atoms with Crippen molar-refractivity contribution < 1.29 is 19.4 Å². The van der Waals surface area contributed by atoms with Crippen LogP contribution in [-0.2, 0) is 14.3 Å². The summed E-state index contributed by atoms with van der Waals surface area (Å²) in [5, 5.41) is 8.84. The quantitative estimate of drug-likeness (QED) is 0.485. The number of carbonyl (C=O) groups excluding carboxylic acids is 1. The van der Waals surface area contributed by atoms with Gasteiger partial charge >= 0.3 is 11.9 Å². The van der Waals surface area contributed by atoms with Crippen molar-refractivity contribution in [3.05, 3.63) is 0 Å². The molecule has 0 aromatic rings. The third-order valence-corrected chi connectivity index (χ3v) is 2.53. The lowest BCUT2D eigenvalue weighted by atomic mass is 9.99. The molecular formula is C11H21NO4. The second kappa shape index (κ2) is 7.22. The van der Waals surface area contributed by atoms with Gasteiger partial charge in [-0.05, 0) is 12.8 Å². The van der Waals surface area contributed by atoms with E-state index in [0.717, 1.165) is 19.3 Å². The van der Waals surface area contributed by atoms with Gasteiger partial charge < -0.3 is 15.6 Å². The zero-order valence-corrected chi connectivity index (χ0v) is 9.99. The van der Waals surface area contributed by atoms with Crippen molar-refractivity contribution in [2.24, 2.45) is 5.73 Å². The van der Waals surface area contributed by atoms with Crippen LogP contribution in [0.4, 0.5) is 0 Å². The molecule has 0 amide bonds. The Kier molecular flexibility index (Phi) is 6.72. The summed E-state index contributed by atoms with van der Waals surface area (Å²) in [6.45, 7) is 3.43. The number of ether oxygens (including phenoxy) is 1. The van der Waals surface area contributed by atoms with Crippen molar-refractivity contribution in [1.29, 1.82) is 0 Å². The summed E-state index contributed by atoms with van der Waals surface area (Å²) >= 11 is 0. The van der Waals surface area contributed by atoms with Crippen LogP contribution in [0.5, 0.6) is 0 Å². The second-order valence-electron chi connectivity index (χ2n) is 3.93. The molecule has 0 aromatic carbocycles. The van der Waals surface area contributed by atoms with Gasteiger partial charge in [0.15, 0.2) is 0 Å². The highest BCUT2D eigenvalue weighted by Gasteiger charge is 2.33. The van der Waals surface area contributed by atoms with Gasteiger partial charge in [-0.25, -0.2) is 0 Å². The van der Waals surface area contributed by atoms with Crippen molar-refractivity contribution in [2.75, 3.05) is 6.61 Å². The maximum atomic E-state index is 11.2. The maximum absolute atomic E-state index is 11.2. The van der Waals surface area contributed by atoms with Crippen LogP contribution in [0.25, 0.3) is 0 Å². The SMILES string of the molecule is CCCCCC(=O)OC[C@@](N)(CC)C(=O)O. The van der Waals surface area contributed by atoms with E-state index in [4.69, 9.17) is 15.6 Å². The second-order valence-corrected chi connectivity index (χ2v) is 3.93. The van der Waals surface area contributed by atoms with E-state index >= 15 is 0 Å². The molecule has 0 aliphatic rings. The lowest BCUT2D eigenvalue weighted by Crippen LogP contribution is -2.51. The van der Waals surface area contributed by atoms with E-state index in [1.54, 1.807) is 6.92 Å². The fourth-order valence-electron chi connectivity index (χ4n) is 1.12. The minimum Gasteiger partial charge on any atom is -0.480 e. The monoisotopic (exact) mass is 231 g/mol. The predicted molar refractivity (Wildman–Crippen MR) is 59.9 cm³/mol. The smallest absolute Gasteiger partial charge is 0.327 e. The number of aliphatic carboxylic acids is 1. The molecule has 3 N–H and O–H groups in total. The van der Waals surface area contributed by atoms with Gasteiger partial charge in [0.25, 0.3) is 0 Å². The third-order valence-electron chi connectivity index (χ3n) is 2.53. The molecule has 0 heterocycles. The molecule has 5 nitrogen and oxygen atoms in total. The van der Waals surface area contributed by atoms with E-state index in [0.29, 0.717) is 6.42 Å². The van der Waals surface area contributed by atoms with Gasteiger partial charge in [-0.2, -0.15) is 0 Å². The summed E-state index contributed by atoms with van der Waals surface area (Å²) in [7, 11) is 0. The van der Waals surface area contributed by atoms with Gasteiger partial charge in [-0.3, -0.25) is 9.59 Å². The topological polar surface area (TPSA) is 89.6 Å². The molecule has 0 aliphatic heterocycles. The van der Waals surface area contributed by atoms with Gasteiger partial charge in [0.2, 0.25) is 0 Å². The zero-order chi connectivity index (χ0) is 12.6. The first-order valence-corrected chi connectivity index (χ1v) is 5.64. The van der Waals surface area contributed by atoms with Crippen molar-refractivity contribution >= 4 is 11.9 Å². The van der Waals surface area contributed by atoms with Crippen molar-refractivity contribution in [3.8, 4) is 0 Å². The molecule has 0 spiro atoms. The van der Waals surface area contributed by atoms with E-state index < -0.39 is 11.5 Å². The first kappa shape index (κ1) is 14.9. The molecule has 0 aromatic heterocycles. The van der Waals surface area contributed by atoms with Crippen LogP contribution in [-0.4, -0.2) is 29.2 Å². The lowest BCUT2D eigenvalue weighted by molar-refractivity contribution is -0.152. The number of carbonyl (C=O) groups is 2. The van der Waals surface area contributed by atoms with Crippen LogP contribution in [0, 0.1) is 0 Å². The molecule has 1 atom stereocenters. The number of rotatable bonds is 8. The minimum absolute atomic E-state index is 0.227. The van der Waals surface area contributed by atoms with Crippen LogP contribution in [0.2, 0.25) is 0 Å². The fourth-order valence-corrected chi connectivity index (χ4v) is 1.12. The summed E-state index contributed by atoms with van der Waals surface area (Å²) in [6, 6.07) is 0.